The number of rotatable bonds is 0. The molecular weight excluding hydrogens is 194 g/mol. The molecule has 1 heterocycles. The number of aryl methyl sites for hydroxylation is 1. The summed E-state index contributed by atoms with van der Waals surface area (Å²) in [4.78, 5) is 3.66. The quantitative estimate of drug-likeness (QED) is 0.680. The highest BCUT2D eigenvalue weighted by atomic mass is 14.7. The van der Waals surface area contributed by atoms with E-state index in [1.54, 1.807) is 11.3 Å². The van der Waals surface area contributed by atoms with Crippen LogP contribution in [0.3, 0.4) is 0 Å². The van der Waals surface area contributed by atoms with Crippen LogP contribution >= 0.6 is 0 Å². The van der Waals surface area contributed by atoms with Gasteiger partial charge in [0.1, 0.15) is 0 Å². The topological polar surface area (TPSA) is 15.8 Å². The van der Waals surface area contributed by atoms with Gasteiger partial charge in [-0.2, -0.15) is 0 Å². The van der Waals surface area contributed by atoms with E-state index in [1.807, 2.05) is 0 Å². The van der Waals surface area contributed by atoms with E-state index in [0.29, 0.717) is 0 Å². The highest BCUT2D eigenvalue weighted by molar-refractivity contribution is 5.86. The largest absolute Gasteiger partial charge is 0.358 e. The van der Waals surface area contributed by atoms with E-state index in [-0.39, 0.29) is 0 Å². The van der Waals surface area contributed by atoms with Gasteiger partial charge in [-0.25, -0.2) is 0 Å². The Morgan fingerprint density at radius 2 is 2.19 bits per heavy atom. The predicted molar refractivity (Wildman–Crippen MR) is 66.8 cm³/mol. The van der Waals surface area contributed by atoms with Gasteiger partial charge in [0.2, 0.25) is 0 Å². The highest BCUT2D eigenvalue weighted by Gasteiger charge is 2.34. The number of hydrogen-bond acceptors (Lipinski definition) is 0. The number of aromatic amines is 1. The van der Waals surface area contributed by atoms with Crippen LogP contribution in [0.4, 0.5) is 0 Å². The van der Waals surface area contributed by atoms with Crippen LogP contribution < -0.4 is 0 Å². The molecule has 2 atom stereocenters. The van der Waals surface area contributed by atoms with Gasteiger partial charge in [-0.05, 0) is 61.6 Å². The van der Waals surface area contributed by atoms with Crippen molar-refractivity contribution < 1.29 is 0 Å². The minimum atomic E-state index is 0.852. The summed E-state index contributed by atoms with van der Waals surface area (Å²) in [5.41, 5.74) is 5.91. The Hall–Kier alpha value is -1.24. The summed E-state index contributed by atoms with van der Waals surface area (Å²) in [5.74, 6) is 1.82. The first kappa shape index (κ1) is 8.86. The maximum atomic E-state index is 3.66. The van der Waals surface area contributed by atoms with Crippen molar-refractivity contribution in [2.45, 2.75) is 38.5 Å². The molecule has 0 amide bonds. The lowest BCUT2D eigenvalue weighted by molar-refractivity contribution is 0.506. The third-order valence-corrected chi connectivity index (χ3v) is 4.52. The smallest absolute Gasteiger partial charge is 0.0461 e. The fourth-order valence-electron chi connectivity index (χ4n) is 3.83. The summed E-state index contributed by atoms with van der Waals surface area (Å²) in [5, 5.41) is 1.49. The molecule has 0 saturated heterocycles. The molecule has 1 aromatic carbocycles. The van der Waals surface area contributed by atoms with E-state index in [1.165, 1.54) is 42.1 Å². The maximum absolute atomic E-state index is 3.66. The second-order valence-corrected chi connectivity index (χ2v) is 5.65. The Balaban J connectivity index is 2.02. The van der Waals surface area contributed by atoms with E-state index in [0.717, 1.165) is 11.8 Å². The second-order valence-electron chi connectivity index (χ2n) is 5.65. The van der Waals surface area contributed by atoms with Crippen molar-refractivity contribution in [3.63, 3.8) is 0 Å². The maximum Gasteiger partial charge on any atom is 0.0461 e. The molecule has 0 unspecified atom stereocenters. The van der Waals surface area contributed by atoms with Gasteiger partial charge in [0, 0.05) is 16.6 Å². The molecule has 1 saturated carbocycles. The lowest BCUT2D eigenvalue weighted by Gasteiger charge is -2.19. The van der Waals surface area contributed by atoms with Crippen LogP contribution in [0.25, 0.3) is 10.9 Å². The van der Waals surface area contributed by atoms with Crippen LogP contribution in [-0.4, -0.2) is 4.98 Å². The van der Waals surface area contributed by atoms with Crippen molar-refractivity contribution in [1.29, 1.82) is 0 Å². The van der Waals surface area contributed by atoms with Gasteiger partial charge in [-0.15, -0.1) is 0 Å². The van der Waals surface area contributed by atoms with Crippen molar-refractivity contribution in [1.82, 2.24) is 4.98 Å². The first-order valence-electron chi connectivity index (χ1n) is 6.42. The van der Waals surface area contributed by atoms with Crippen LogP contribution in [0.5, 0.6) is 0 Å². The van der Waals surface area contributed by atoms with Gasteiger partial charge in [0.25, 0.3) is 0 Å². The normalized spacial score (nSPS) is 27.3. The molecule has 1 heteroatoms. The van der Waals surface area contributed by atoms with E-state index in [2.05, 4.69) is 30.1 Å². The fraction of sp³-hybridized carbons (Fsp3) is 0.467. The van der Waals surface area contributed by atoms with Crippen LogP contribution in [0.2, 0.25) is 0 Å². The van der Waals surface area contributed by atoms with Gasteiger partial charge in [-0.1, -0.05) is 12.1 Å². The molecule has 16 heavy (non-hydrogen) atoms. The monoisotopic (exact) mass is 211 g/mol. The molecule has 1 fully saturated rings. The van der Waals surface area contributed by atoms with Crippen molar-refractivity contribution in [3.8, 4) is 0 Å². The molecule has 1 nitrogen and oxygen atoms in total. The first-order chi connectivity index (χ1) is 7.81. The molecule has 2 bridgehead atoms. The van der Waals surface area contributed by atoms with Gasteiger partial charge < -0.3 is 4.98 Å². The van der Waals surface area contributed by atoms with Gasteiger partial charge >= 0.3 is 0 Å². The zero-order valence-corrected chi connectivity index (χ0v) is 9.72. The SMILES string of the molecule is Cc1ccc2c3c([nH]c2c1)C[C@@H]1CC[C@H]3C1. The molecule has 0 spiro atoms. The van der Waals surface area contributed by atoms with E-state index >= 15 is 0 Å². The minimum Gasteiger partial charge on any atom is -0.358 e. The predicted octanol–water partition coefficient (Wildman–Crippen LogP) is 3.92. The van der Waals surface area contributed by atoms with Crippen LogP contribution in [0.1, 0.15) is 42.0 Å². The molecule has 82 valence electrons. The Morgan fingerprint density at radius 3 is 3.12 bits per heavy atom. The average Bonchev–Trinajstić information content (AvgIpc) is 2.80. The third-order valence-electron chi connectivity index (χ3n) is 4.52. The summed E-state index contributed by atoms with van der Waals surface area (Å²) < 4.78 is 0. The first-order valence-corrected chi connectivity index (χ1v) is 6.42. The molecule has 1 N–H and O–H groups in total. The number of benzene rings is 1. The highest BCUT2D eigenvalue weighted by Crippen LogP contribution is 2.48. The number of fused-ring (bicyclic) bond motifs is 6. The molecule has 2 aliphatic carbocycles. The van der Waals surface area contributed by atoms with Crippen molar-refractivity contribution in [2.75, 3.05) is 0 Å². The van der Waals surface area contributed by atoms with E-state index < -0.39 is 0 Å². The standard InChI is InChI=1S/C15H17N/c1-9-2-5-12-13(6-9)16-14-8-10-3-4-11(7-10)15(12)14/h2,5-6,10-11,16H,3-4,7-8H2,1H3/t10-,11+/m1/s1. The second kappa shape index (κ2) is 2.91. The molecular formula is C15H17N. The fourth-order valence-corrected chi connectivity index (χ4v) is 3.83. The van der Waals surface area contributed by atoms with E-state index in [4.69, 9.17) is 0 Å². The summed E-state index contributed by atoms with van der Waals surface area (Å²) in [6.07, 6.45) is 5.59. The molecule has 4 rings (SSSR count). The third kappa shape index (κ3) is 1.06. The summed E-state index contributed by atoms with van der Waals surface area (Å²) >= 11 is 0. The van der Waals surface area contributed by atoms with Gasteiger partial charge in [-0.3, -0.25) is 0 Å². The Labute approximate surface area is 95.9 Å². The van der Waals surface area contributed by atoms with Crippen LogP contribution in [0, 0.1) is 12.8 Å². The minimum absolute atomic E-state index is 0.852. The average molecular weight is 211 g/mol. The molecule has 2 aliphatic rings. The Morgan fingerprint density at radius 1 is 1.25 bits per heavy atom. The van der Waals surface area contributed by atoms with Crippen molar-refractivity contribution in [2.24, 2.45) is 5.92 Å². The summed E-state index contributed by atoms with van der Waals surface area (Å²) in [7, 11) is 0. The molecule has 0 aliphatic heterocycles. The number of hydrogen-bond donors (Lipinski definition) is 1. The van der Waals surface area contributed by atoms with Gasteiger partial charge in [0.15, 0.2) is 0 Å². The Kier molecular flexibility index (Phi) is 1.61. The zero-order valence-electron chi connectivity index (χ0n) is 9.72. The molecule has 2 aromatic rings. The Bertz CT molecular complexity index is 564. The molecule has 0 radical (unpaired) electrons. The summed E-state index contributed by atoms with van der Waals surface area (Å²) in [6.45, 7) is 2.17. The number of H-pyrrole nitrogens is 1. The lowest BCUT2D eigenvalue weighted by Crippen LogP contribution is -2.09. The van der Waals surface area contributed by atoms with E-state index in [9.17, 15) is 0 Å². The zero-order chi connectivity index (χ0) is 10.7. The van der Waals surface area contributed by atoms with Crippen LogP contribution in [-0.2, 0) is 6.42 Å². The van der Waals surface area contributed by atoms with Crippen LogP contribution in [0.15, 0.2) is 18.2 Å². The number of aromatic nitrogens is 1. The van der Waals surface area contributed by atoms with Crippen molar-refractivity contribution >= 4 is 10.9 Å². The lowest BCUT2D eigenvalue weighted by atomic mass is 9.86. The summed E-state index contributed by atoms with van der Waals surface area (Å²) in [6, 6.07) is 6.86. The van der Waals surface area contributed by atoms with Crippen molar-refractivity contribution in [3.05, 3.63) is 35.0 Å². The molecule has 1 aromatic heterocycles. The number of nitrogens with one attached hydrogen (secondary N) is 1. The van der Waals surface area contributed by atoms with Gasteiger partial charge in [0.05, 0.1) is 0 Å².